The van der Waals surface area contributed by atoms with Crippen molar-refractivity contribution in [1.29, 1.82) is 0 Å². The molecule has 1 aliphatic rings. The second-order valence-electron chi connectivity index (χ2n) is 4.00. The molecule has 0 aromatic heterocycles. The Labute approximate surface area is 120 Å². The third-order valence-electron chi connectivity index (χ3n) is 2.69. The fourth-order valence-electron chi connectivity index (χ4n) is 1.83. The zero-order valence-electron chi connectivity index (χ0n) is 9.11. The molecule has 1 aromatic carbocycles. The molecule has 8 heteroatoms. The van der Waals surface area contributed by atoms with Crippen LogP contribution in [0.15, 0.2) is 17.0 Å². The number of rotatable bonds is 2. The van der Waals surface area contributed by atoms with Gasteiger partial charge < -0.3 is 5.11 Å². The van der Waals surface area contributed by atoms with E-state index in [0.29, 0.717) is 6.42 Å². The topological polar surface area (TPSA) is 57.6 Å². The average molecular weight is 331 g/mol. The first-order valence-electron chi connectivity index (χ1n) is 5.15. The van der Waals surface area contributed by atoms with Gasteiger partial charge in [0.15, 0.2) is 0 Å². The number of β-amino-alcohol motifs (C(OH)–C–C–N with tert-alkyl or cyclic N) is 1. The Morgan fingerprint density at radius 2 is 1.78 bits per heavy atom. The molecule has 0 bridgehead atoms. The van der Waals surface area contributed by atoms with Crippen molar-refractivity contribution in [2.24, 2.45) is 0 Å². The van der Waals surface area contributed by atoms with Crippen molar-refractivity contribution in [2.75, 3.05) is 13.1 Å². The molecule has 0 amide bonds. The van der Waals surface area contributed by atoms with Crippen LogP contribution in [0.3, 0.4) is 0 Å². The Morgan fingerprint density at radius 3 is 2.22 bits per heavy atom. The molecule has 1 atom stereocenters. The maximum Gasteiger partial charge on any atom is 0.246 e. The number of hydrogen-bond acceptors (Lipinski definition) is 3. The van der Waals surface area contributed by atoms with E-state index in [2.05, 4.69) is 0 Å². The zero-order chi connectivity index (χ0) is 13.5. The van der Waals surface area contributed by atoms with Crippen molar-refractivity contribution < 1.29 is 13.5 Å². The fourth-order valence-corrected chi connectivity index (χ4v) is 4.82. The molecular formula is C10H10Cl3NO3S. The highest BCUT2D eigenvalue weighted by Gasteiger charge is 2.34. The summed E-state index contributed by atoms with van der Waals surface area (Å²) in [6.07, 6.45) is -0.244. The van der Waals surface area contributed by atoms with Crippen molar-refractivity contribution in [2.45, 2.75) is 17.4 Å². The van der Waals surface area contributed by atoms with E-state index in [1.54, 1.807) is 0 Å². The van der Waals surface area contributed by atoms with E-state index in [4.69, 9.17) is 34.8 Å². The zero-order valence-corrected chi connectivity index (χ0v) is 12.2. The van der Waals surface area contributed by atoms with Gasteiger partial charge in [0.1, 0.15) is 4.90 Å². The molecule has 2 rings (SSSR count). The van der Waals surface area contributed by atoms with Crippen molar-refractivity contribution in [3.05, 3.63) is 27.2 Å². The van der Waals surface area contributed by atoms with E-state index in [1.165, 1.54) is 16.4 Å². The quantitative estimate of drug-likeness (QED) is 0.906. The molecule has 1 aromatic rings. The fraction of sp³-hybridized carbons (Fsp3) is 0.400. The molecule has 4 nitrogen and oxygen atoms in total. The van der Waals surface area contributed by atoms with Gasteiger partial charge in [-0.3, -0.25) is 0 Å². The Morgan fingerprint density at radius 1 is 1.22 bits per heavy atom. The number of sulfonamides is 1. The van der Waals surface area contributed by atoms with Gasteiger partial charge in [-0.25, -0.2) is 8.42 Å². The first-order valence-corrected chi connectivity index (χ1v) is 7.72. The number of benzene rings is 1. The van der Waals surface area contributed by atoms with Crippen LogP contribution in [0.25, 0.3) is 0 Å². The number of aliphatic hydroxyl groups excluding tert-OH is 1. The van der Waals surface area contributed by atoms with E-state index in [9.17, 15) is 13.5 Å². The van der Waals surface area contributed by atoms with Gasteiger partial charge in [0.2, 0.25) is 10.0 Å². The minimum absolute atomic E-state index is 0.0195. The molecule has 1 N–H and O–H groups in total. The van der Waals surface area contributed by atoms with Crippen molar-refractivity contribution in [1.82, 2.24) is 4.31 Å². The smallest absolute Gasteiger partial charge is 0.246 e. The first-order chi connectivity index (χ1) is 8.32. The number of halogens is 3. The monoisotopic (exact) mass is 329 g/mol. The molecule has 0 saturated carbocycles. The van der Waals surface area contributed by atoms with Crippen molar-refractivity contribution in [3.8, 4) is 0 Å². The van der Waals surface area contributed by atoms with Crippen LogP contribution in [0, 0.1) is 0 Å². The van der Waals surface area contributed by atoms with E-state index in [1.807, 2.05) is 0 Å². The third-order valence-corrected chi connectivity index (χ3v) is 5.69. The van der Waals surface area contributed by atoms with Crippen LogP contribution in [-0.4, -0.2) is 37.0 Å². The van der Waals surface area contributed by atoms with Crippen LogP contribution in [-0.2, 0) is 10.0 Å². The minimum atomic E-state index is -3.80. The van der Waals surface area contributed by atoms with Crippen molar-refractivity contribution >= 4 is 44.8 Å². The SMILES string of the molecule is O=S(=O)(c1c(Cl)cc(Cl)cc1Cl)N1CC[C@H](O)C1. The van der Waals surface area contributed by atoms with E-state index < -0.39 is 16.1 Å². The summed E-state index contributed by atoms with van der Waals surface area (Å²) in [6, 6.07) is 2.66. The summed E-state index contributed by atoms with van der Waals surface area (Å²) < 4.78 is 25.8. The summed E-state index contributed by atoms with van der Waals surface area (Å²) in [5, 5.41) is 9.63. The van der Waals surface area contributed by atoms with Crippen LogP contribution >= 0.6 is 34.8 Å². The van der Waals surface area contributed by atoms with Gasteiger partial charge in [-0.1, -0.05) is 34.8 Å². The number of nitrogens with zero attached hydrogens (tertiary/aromatic N) is 1. The van der Waals surface area contributed by atoms with Crippen LogP contribution in [0.5, 0.6) is 0 Å². The molecule has 0 unspecified atom stereocenters. The van der Waals surface area contributed by atoms with Gasteiger partial charge in [0, 0.05) is 18.1 Å². The maximum absolute atomic E-state index is 12.3. The highest BCUT2D eigenvalue weighted by Crippen LogP contribution is 2.35. The standard InChI is InChI=1S/C10H10Cl3NO3S/c11-6-3-8(12)10(9(13)4-6)18(16,17)14-2-1-7(15)5-14/h3-4,7,15H,1-2,5H2/t7-/m0/s1. The van der Waals surface area contributed by atoms with Crippen molar-refractivity contribution in [3.63, 3.8) is 0 Å². The summed E-state index contributed by atoms with van der Waals surface area (Å²) in [6.45, 7) is 0.302. The third kappa shape index (κ3) is 2.61. The highest BCUT2D eigenvalue weighted by atomic mass is 35.5. The summed E-state index contributed by atoms with van der Waals surface area (Å²) >= 11 is 17.5. The Kier molecular flexibility index (Phi) is 4.11. The van der Waals surface area contributed by atoms with Gasteiger partial charge in [-0.2, -0.15) is 4.31 Å². The van der Waals surface area contributed by atoms with Gasteiger partial charge in [-0.05, 0) is 18.6 Å². The van der Waals surface area contributed by atoms with E-state index >= 15 is 0 Å². The van der Waals surface area contributed by atoms with Crippen LogP contribution in [0.4, 0.5) is 0 Å². The second-order valence-corrected chi connectivity index (χ2v) is 7.13. The number of hydrogen-bond donors (Lipinski definition) is 1. The van der Waals surface area contributed by atoms with Gasteiger partial charge in [0.25, 0.3) is 0 Å². The summed E-state index contributed by atoms with van der Waals surface area (Å²) in [4.78, 5) is -0.163. The summed E-state index contributed by atoms with van der Waals surface area (Å²) in [5.41, 5.74) is 0. The molecule has 1 heterocycles. The van der Waals surface area contributed by atoms with Gasteiger partial charge in [0.05, 0.1) is 16.1 Å². The summed E-state index contributed by atoms with van der Waals surface area (Å²) in [5.74, 6) is 0. The number of aliphatic hydroxyl groups is 1. The highest BCUT2D eigenvalue weighted by molar-refractivity contribution is 7.89. The van der Waals surface area contributed by atoms with Crippen LogP contribution in [0.2, 0.25) is 15.1 Å². The predicted octanol–water partition coefficient (Wildman–Crippen LogP) is 2.40. The van der Waals surface area contributed by atoms with Crippen LogP contribution in [0.1, 0.15) is 6.42 Å². The lowest BCUT2D eigenvalue weighted by molar-refractivity contribution is 0.189. The van der Waals surface area contributed by atoms with Gasteiger partial charge in [-0.15, -0.1) is 0 Å². The first kappa shape index (κ1) is 14.4. The molecule has 0 aliphatic carbocycles. The lowest BCUT2D eigenvalue weighted by atomic mass is 10.3. The summed E-state index contributed by atoms with van der Waals surface area (Å²) in [7, 11) is -3.80. The maximum atomic E-state index is 12.3. The van der Waals surface area contributed by atoms with Crippen LogP contribution < -0.4 is 0 Å². The molecule has 18 heavy (non-hydrogen) atoms. The Hall–Kier alpha value is -0.0400. The normalized spacial score (nSPS) is 21.4. The molecule has 1 aliphatic heterocycles. The second kappa shape index (κ2) is 5.15. The molecule has 0 radical (unpaired) electrons. The molecule has 0 spiro atoms. The minimum Gasteiger partial charge on any atom is -0.392 e. The van der Waals surface area contributed by atoms with Gasteiger partial charge >= 0.3 is 0 Å². The molecule has 1 fully saturated rings. The molecular weight excluding hydrogens is 321 g/mol. The molecule has 100 valence electrons. The van der Waals surface area contributed by atoms with E-state index in [0.717, 1.165) is 0 Å². The lowest BCUT2D eigenvalue weighted by Gasteiger charge is -2.17. The average Bonchev–Trinajstić information content (AvgIpc) is 2.63. The Balaban J connectivity index is 2.48. The lowest BCUT2D eigenvalue weighted by Crippen LogP contribution is -2.30. The van der Waals surface area contributed by atoms with E-state index in [-0.39, 0.29) is 33.1 Å². The Bertz CT molecular complexity index is 553. The largest absolute Gasteiger partial charge is 0.392 e. The predicted molar refractivity (Wildman–Crippen MR) is 70.9 cm³/mol. The molecule has 1 saturated heterocycles.